The van der Waals surface area contributed by atoms with E-state index in [9.17, 15) is 14.4 Å². The third-order valence-corrected chi connectivity index (χ3v) is 5.58. The van der Waals surface area contributed by atoms with Gasteiger partial charge in [-0.3, -0.25) is 18.7 Å². The maximum absolute atomic E-state index is 12.8. The molecule has 2 heterocycles. The van der Waals surface area contributed by atoms with Crippen LogP contribution in [0.2, 0.25) is 0 Å². The fourth-order valence-corrected chi connectivity index (χ4v) is 3.68. The molecule has 0 bridgehead atoms. The van der Waals surface area contributed by atoms with Crippen LogP contribution in [0.3, 0.4) is 0 Å². The summed E-state index contributed by atoms with van der Waals surface area (Å²) in [6, 6.07) is 7.38. The number of amides is 1. The predicted octanol–water partition coefficient (Wildman–Crippen LogP) is 2.04. The number of carbonyl (C=O) groups excluding carboxylic acids is 1. The quantitative estimate of drug-likeness (QED) is 0.875. The average molecular weight is 384 g/mol. The van der Waals surface area contributed by atoms with Crippen molar-refractivity contribution in [2.24, 2.45) is 13.0 Å². The normalized spacial score (nSPS) is 16.9. The number of carbonyl (C=O) groups is 1. The van der Waals surface area contributed by atoms with Gasteiger partial charge in [0.05, 0.1) is 5.92 Å². The molecule has 1 aromatic heterocycles. The molecule has 28 heavy (non-hydrogen) atoms. The summed E-state index contributed by atoms with van der Waals surface area (Å²) >= 11 is 0. The number of aryl methyl sites for hydroxylation is 2. The van der Waals surface area contributed by atoms with E-state index in [1.165, 1.54) is 18.7 Å². The molecular weight excluding hydrogens is 356 g/mol. The summed E-state index contributed by atoms with van der Waals surface area (Å²) in [6.45, 7) is 7.62. The van der Waals surface area contributed by atoms with Crippen molar-refractivity contribution in [2.75, 3.05) is 23.3 Å². The second kappa shape index (κ2) is 8.04. The first-order valence-corrected chi connectivity index (χ1v) is 9.75. The summed E-state index contributed by atoms with van der Waals surface area (Å²) in [5.41, 5.74) is 2.46. The van der Waals surface area contributed by atoms with Crippen LogP contribution in [0.1, 0.15) is 30.9 Å². The zero-order chi connectivity index (χ0) is 20.4. The van der Waals surface area contributed by atoms with Gasteiger partial charge in [0.2, 0.25) is 5.91 Å². The molecule has 1 amide bonds. The molecule has 1 aliphatic rings. The molecule has 1 atom stereocenters. The van der Waals surface area contributed by atoms with Gasteiger partial charge in [-0.1, -0.05) is 6.07 Å². The van der Waals surface area contributed by atoms with E-state index in [-0.39, 0.29) is 23.1 Å². The first-order valence-electron chi connectivity index (χ1n) is 9.75. The number of nitrogens with one attached hydrogen (secondary N) is 1. The van der Waals surface area contributed by atoms with Crippen LogP contribution in [0.4, 0.5) is 11.5 Å². The third kappa shape index (κ3) is 3.88. The van der Waals surface area contributed by atoms with Gasteiger partial charge in [0.1, 0.15) is 5.82 Å². The highest BCUT2D eigenvalue weighted by molar-refractivity contribution is 5.93. The minimum absolute atomic E-state index is 0.0258. The fraction of sp³-hybridized carbons (Fsp3) is 0.476. The molecule has 0 saturated carbocycles. The number of nitrogens with zero attached hydrogens (tertiary/aromatic N) is 3. The minimum Gasteiger partial charge on any atom is -0.357 e. The second-order valence-electron chi connectivity index (χ2n) is 7.50. The topological polar surface area (TPSA) is 76.3 Å². The van der Waals surface area contributed by atoms with Crippen LogP contribution < -0.4 is 21.5 Å². The lowest BCUT2D eigenvalue weighted by molar-refractivity contribution is -0.120. The molecule has 1 fully saturated rings. The Balaban J connectivity index is 1.81. The van der Waals surface area contributed by atoms with Crippen molar-refractivity contribution in [1.29, 1.82) is 0 Å². The van der Waals surface area contributed by atoms with E-state index in [2.05, 4.69) is 5.32 Å². The molecule has 7 nitrogen and oxygen atoms in total. The van der Waals surface area contributed by atoms with Crippen molar-refractivity contribution >= 4 is 17.4 Å². The Morgan fingerprint density at radius 3 is 2.61 bits per heavy atom. The highest BCUT2D eigenvalue weighted by Gasteiger charge is 2.28. The van der Waals surface area contributed by atoms with Gasteiger partial charge in [-0.05, 0) is 56.9 Å². The van der Waals surface area contributed by atoms with Crippen LogP contribution in [0.15, 0.2) is 33.9 Å². The van der Waals surface area contributed by atoms with E-state index in [1.807, 2.05) is 43.9 Å². The molecule has 0 spiro atoms. The third-order valence-electron chi connectivity index (χ3n) is 5.58. The van der Waals surface area contributed by atoms with Gasteiger partial charge in [-0.2, -0.15) is 0 Å². The SMILES string of the molecule is CCn1c(N2CCC[C@H](C(=O)Nc3ccc(C)c(C)c3)C2)cc(=O)n(C)c1=O. The highest BCUT2D eigenvalue weighted by atomic mass is 16.2. The highest BCUT2D eigenvalue weighted by Crippen LogP contribution is 2.23. The molecule has 0 aliphatic carbocycles. The van der Waals surface area contributed by atoms with E-state index in [0.717, 1.165) is 35.2 Å². The molecule has 1 N–H and O–H groups in total. The largest absolute Gasteiger partial charge is 0.357 e. The van der Waals surface area contributed by atoms with Gasteiger partial charge < -0.3 is 10.2 Å². The first-order chi connectivity index (χ1) is 13.3. The standard InChI is InChI=1S/C21H28N4O3/c1-5-25-18(12-19(26)23(4)21(25)28)24-10-6-7-16(13-24)20(27)22-17-9-8-14(2)15(3)11-17/h8-9,11-12,16H,5-7,10,13H2,1-4H3,(H,22,27)/t16-/m0/s1. The van der Waals surface area contributed by atoms with Gasteiger partial charge in [-0.15, -0.1) is 0 Å². The van der Waals surface area contributed by atoms with Gasteiger partial charge in [-0.25, -0.2) is 4.79 Å². The number of piperidine rings is 1. The van der Waals surface area contributed by atoms with Crippen LogP contribution in [-0.2, 0) is 18.4 Å². The van der Waals surface area contributed by atoms with Crippen LogP contribution >= 0.6 is 0 Å². The maximum atomic E-state index is 12.8. The second-order valence-corrected chi connectivity index (χ2v) is 7.50. The molecule has 1 aromatic carbocycles. The fourth-order valence-electron chi connectivity index (χ4n) is 3.68. The van der Waals surface area contributed by atoms with Crippen LogP contribution in [0.25, 0.3) is 0 Å². The van der Waals surface area contributed by atoms with Crippen LogP contribution in [0, 0.1) is 19.8 Å². The summed E-state index contributed by atoms with van der Waals surface area (Å²) in [4.78, 5) is 39.3. The van der Waals surface area contributed by atoms with Gasteiger partial charge in [0.25, 0.3) is 5.56 Å². The molecule has 0 unspecified atom stereocenters. The first kappa shape index (κ1) is 19.9. The number of aromatic nitrogens is 2. The zero-order valence-corrected chi connectivity index (χ0v) is 17.0. The van der Waals surface area contributed by atoms with E-state index >= 15 is 0 Å². The molecule has 1 saturated heterocycles. The lowest BCUT2D eigenvalue weighted by atomic mass is 9.97. The van der Waals surface area contributed by atoms with E-state index in [0.29, 0.717) is 18.9 Å². The molecule has 3 rings (SSSR count). The average Bonchev–Trinajstić information content (AvgIpc) is 2.69. The Labute approximate surface area is 164 Å². The Hall–Kier alpha value is -2.83. The van der Waals surface area contributed by atoms with Gasteiger partial charge in [0, 0.05) is 38.4 Å². The van der Waals surface area contributed by atoms with E-state index in [4.69, 9.17) is 0 Å². The van der Waals surface area contributed by atoms with E-state index < -0.39 is 0 Å². The number of benzene rings is 1. The number of hydrogen-bond donors (Lipinski definition) is 1. The van der Waals surface area contributed by atoms with Crippen LogP contribution in [-0.4, -0.2) is 28.1 Å². The number of anilines is 2. The Morgan fingerprint density at radius 2 is 1.93 bits per heavy atom. The summed E-state index contributed by atoms with van der Waals surface area (Å²) in [7, 11) is 1.48. The predicted molar refractivity (Wildman–Crippen MR) is 111 cm³/mol. The van der Waals surface area contributed by atoms with E-state index in [1.54, 1.807) is 4.57 Å². The smallest absolute Gasteiger partial charge is 0.332 e. The van der Waals surface area contributed by atoms with Crippen molar-refractivity contribution in [3.63, 3.8) is 0 Å². The monoisotopic (exact) mass is 384 g/mol. The lowest BCUT2D eigenvalue weighted by Crippen LogP contribution is -2.46. The lowest BCUT2D eigenvalue weighted by Gasteiger charge is -2.34. The van der Waals surface area contributed by atoms with Gasteiger partial charge >= 0.3 is 5.69 Å². The molecule has 7 heteroatoms. The molecular formula is C21H28N4O3. The molecule has 150 valence electrons. The van der Waals surface area contributed by atoms with Crippen molar-refractivity contribution in [3.05, 3.63) is 56.2 Å². The number of hydrogen-bond acceptors (Lipinski definition) is 4. The summed E-state index contributed by atoms with van der Waals surface area (Å²) in [5, 5.41) is 3.01. The Kier molecular flexibility index (Phi) is 5.72. The Morgan fingerprint density at radius 1 is 1.18 bits per heavy atom. The molecule has 0 radical (unpaired) electrons. The number of rotatable bonds is 4. The van der Waals surface area contributed by atoms with Crippen LogP contribution in [0.5, 0.6) is 0 Å². The molecule has 1 aliphatic heterocycles. The summed E-state index contributed by atoms with van der Waals surface area (Å²) in [5.74, 6) is 0.376. The van der Waals surface area contributed by atoms with Crippen molar-refractivity contribution in [3.8, 4) is 0 Å². The van der Waals surface area contributed by atoms with Gasteiger partial charge in [0.15, 0.2) is 0 Å². The minimum atomic E-state index is -0.327. The van der Waals surface area contributed by atoms with Crippen molar-refractivity contribution in [1.82, 2.24) is 9.13 Å². The summed E-state index contributed by atoms with van der Waals surface area (Å²) in [6.07, 6.45) is 1.62. The van der Waals surface area contributed by atoms with Crippen molar-refractivity contribution < 1.29 is 4.79 Å². The Bertz CT molecular complexity index is 1010. The van der Waals surface area contributed by atoms with Crippen molar-refractivity contribution in [2.45, 2.75) is 40.2 Å². The molecule has 2 aromatic rings. The maximum Gasteiger partial charge on any atom is 0.332 e. The zero-order valence-electron chi connectivity index (χ0n) is 17.0. The summed E-state index contributed by atoms with van der Waals surface area (Å²) < 4.78 is 2.70.